The lowest BCUT2D eigenvalue weighted by molar-refractivity contribution is -0.145. The first-order valence-corrected chi connectivity index (χ1v) is 2.65. The summed E-state index contributed by atoms with van der Waals surface area (Å²) in [6.45, 7) is 3.00. The lowest BCUT2D eigenvalue weighted by atomic mass is 10.7. The van der Waals surface area contributed by atoms with Gasteiger partial charge in [0.25, 0.3) is 5.95 Å². The first kappa shape index (κ1) is 8.68. The molecule has 0 aromatic heterocycles. The van der Waals surface area contributed by atoms with Crippen molar-refractivity contribution < 1.29 is 19.1 Å². The molecule has 0 unspecified atom stereocenters. The molecule has 0 fully saturated rings. The molecule has 0 amide bonds. The maximum Gasteiger partial charge on any atom is 0.310 e. The summed E-state index contributed by atoms with van der Waals surface area (Å²) < 4.78 is 8.65. The molecule has 0 aliphatic rings. The lowest BCUT2D eigenvalue weighted by Gasteiger charge is -2.00. The fraction of sp³-hybridized carbons (Fsp3) is 0.333. The van der Waals surface area contributed by atoms with Crippen molar-refractivity contribution in [2.75, 3.05) is 0 Å². The second-order valence-corrected chi connectivity index (χ2v) is 1.42. The van der Waals surface area contributed by atoms with Crippen molar-refractivity contribution >= 4 is 12.4 Å². The average molecular weight is 144 g/mol. The third kappa shape index (κ3) is 3.65. The van der Waals surface area contributed by atoms with Gasteiger partial charge in [-0.2, -0.15) is 0 Å². The Morgan fingerprint density at radius 3 is 2.40 bits per heavy atom. The van der Waals surface area contributed by atoms with Crippen molar-refractivity contribution in [3.63, 3.8) is 0 Å². The van der Waals surface area contributed by atoms with Gasteiger partial charge in [-0.15, -0.1) is 0 Å². The third-order valence-electron chi connectivity index (χ3n) is 0.644. The van der Waals surface area contributed by atoms with Gasteiger partial charge in [0.1, 0.15) is 0 Å². The van der Waals surface area contributed by atoms with Crippen LogP contribution in [0.15, 0.2) is 12.0 Å². The molecule has 56 valence electrons. The van der Waals surface area contributed by atoms with E-state index < -0.39 is 5.97 Å². The topological polar surface area (TPSA) is 52.6 Å². The molecule has 0 aliphatic carbocycles. The number of carbonyl (C=O) groups excluding carboxylic acids is 2. The maximum absolute atomic E-state index is 10.2. The minimum absolute atomic E-state index is 0.0949. The minimum Gasteiger partial charge on any atom is -0.395 e. The molecule has 0 heterocycles. The summed E-state index contributed by atoms with van der Waals surface area (Å²) in [5.74, 6) is -0.613. The van der Waals surface area contributed by atoms with Crippen molar-refractivity contribution in [3.05, 3.63) is 12.0 Å². The van der Waals surface area contributed by atoms with Crippen LogP contribution in [0, 0.1) is 0 Å². The zero-order valence-electron chi connectivity index (χ0n) is 5.79. The summed E-state index contributed by atoms with van der Waals surface area (Å²) >= 11 is 0. The van der Waals surface area contributed by atoms with Crippen molar-refractivity contribution in [2.24, 2.45) is 0 Å². The second kappa shape index (κ2) is 4.55. The number of ether oxygens (including phenoxy) is 2. The standard InChI is InChI=1S/C6H8O4/c1-3-6(9-4-7)10-5(2)8/h3-4H,1-2H3. The van der Waals surface area contributed by atoms with Gasteiger partial charge in [0.15, 0.2) is 0 Å². The molecular formula is C6H8O4. The van der Waals surface area contributed by atoms with E-state index in [1.165, 1.54) is 13.0 Å². The monoisotopic (exact) mass is 144 g/mol. The van der Waals surface area contributed by atoms with Crippen LogP contribution in [0.25, 0.3) is 0 Å². The zero-order valence-corrected chi connectivity index (χ0v) is 5.79. The molecule has 4 nitrogen and oxygen atoms in total. The fourth-order valence-corrected chi connectivity index (χ4v) is 0.340. The Labute approximate surface area is 58.4 Å². The van der Waals surface area contributed by atoms with E-state index in [9.17, 15) is 9.59 Å². The smallest absolute Gasteiger partial charge is 0.310 e. The van der Waals surface area contributed by atoms with E-state index in [1.807, 2.05) is 0 Å². The van der Waals surface area contributed by atoms with Crippen LogP contribution in [0.5, 0.6) is 0 Å². The predicted octanol–water partition coefficient (Wildman–Crippen LogP) is 0.584. The SMILES string of the molecule is CC=C(OC=O)OC(C)=O. The Morgan fingerprint density at radius 1 is 1.50 bits per heavy atom. The van der Waals surface area contributed by atoms with E-state index in [-0.39, 0.29) is 12.4 Å². The van der Waals surface area contributed by atoms with Crippen LogP contribution in [-0.2, 0) is 19.1 Å². The molecule has 0 radical (unpaired) electrons. The Hall–Kier alpha value is -1.32. The molecule has 0 N–H and O–H groups in total. The van der Waals surface area contributed by atoms with Crippen molar-refractivity contribution in [2.45, 2.75) is 13.8 Å². The Balaban J connectivity index is 3.84. The van der Waals surface area contributed by atoms with Crippen molar-refractivity contribution in [1.82, 2.24) is 0 Å². The molecule has 0 bridgehead atoms. The van der Waals surface area contributed by atoms with Crippen LogP contribution in [0.2, 0.25) is 0 Å². The lowest BCUT2D eigenvalue weighted by Crippen LogP contribution is -2.01. The van der Waals surface area contributed by atoms with Gasteiger partial charge in [-0.25, -0.2) is 0 Å². The van der Waals surface area contributed by atoms with Crippen molar-refractivity contribution in [1.29, 1.82) is 0 Å². The van der Waals surface area contributed by atoms with Gasteiger partial charge >= 0.3 is 12.4 Å². The van der Waals surface area contributed by atoms with Gasteiger partial charge in [-0.1, -0.05) is 0 Å². The minimum atomic E-state index is -0.519. The average Bonchev–Trinajstić information content (AvgIpc) is 1.86. The fourth-order valence-electron chi connectivity index (χ4n) is 0.340. The number of hydrogen-bond acceptors (Lipinski definition) is 4. The van der Waals surface area contributed by atoms with Gasteiger partial charge < -0.3 is 9.47 Å². The predicted molar refractivity (Wildman–Crippen MR) is 32.7 cm³/mol. The van der Waals surface area contributed by atoms with E-state index >= 15 is 0 Å². The van der Waals surface area contributed by atoms with Gasteiger partial charge in [0.05, 0.1) is 0 Å². The van der Waals surface area contributed by atoms with Gasteiger partial charge in [0, 0.05) is 6.92 Å². The largest absolute Gasteiger partial charge is 0.395 e. The summed E-state index contributed by atoms with van der Waals surface area (Å²) in [4.78, 5) is 19.9. The van der Waals surface area contributed by atoms with E-state index in [1.54, 1.807) is 6.92 Å². The molecule has 0 aliphatic heterocycles. The molecule has 10 heavy (non-hydrogen) atoms. The summed E-state index contributed by atoms with van der Waals surface area (Å²) in [5, 5.41) is 0. The number of rotatable bonds is 3. The summed E-state index contributed by atoms with van der Waals surface area (Å²) in [5.41, 5.74) is 0. The number of hydrogen-bond donors (Lipinski definition) is 0. The van der Waals surface area contributed by atoms with Crippen LogP contribution in [0.1, 0.15) is 13.8 Å². The molecule has 0 saturated heterocycles. The van der Waals surface area contributed by atoms with E-state index in [2.05, 4.69) is 9.47 Å². The number of esters is 1. The Kier molecular flexibility index (Phi) is 3.95. The third-order valence-corrected chi connectivity index (χ3v) is 0.644. The first-order chi connectivity index (χ1) is 4.70. The highest BCUT2D eigenvalue weighted by atomic mass is 16.7. The molecule has 0 aromatic carbocycles. The summed E-state index contributed by atoms with van der Waals surface area (Å²) in [6.07, 6.45) is 1.37. The summed E-state index contributed by atoms with van der Waals surface area (Å²) in [7, 11) is 0. The van der Waals surface area contributed by atoms with E-state index in [4.69, 9.17) is 0 Å². The normalized spacial score (nSPS) is 10.4. The maximum atomic E-state index is 10.2. The Bertz CT molecular complexity index is 159. The van der Waals surface area contributed by atoms with Crippen LogP contribution in [0.4, 0.5) is 0 Å². The molecule has 0 spiro atoms. The van der Waals surface area contributed by atoms with Crippen LogP contribution < -0.4 is 0 Å². The zero-order chi connectivity index (χ0) is 7.98. The van der Waals surface area contributed by atoms with E-state index in [0.717, 1.165) is 0 Å². The molecule has 0 saturated carbocycles. The van der Waals surface area contributed by atoms with Crippen LogP contribution in [-0.4, -0.2) is 12.4 Å². The highest BCUT2D eigenvalue weighted by Crippen LogP contribution is 1.96. The van der Waals surface area contributed by atoms with Crippen LogP contribution >= 0.6 is 0 Å². The van der Waals surface area contributed by atoms with Gasteiger partial charge in [-0.3, -0.25) is 9.59 Å². The quantitative estimate of drug-likeness (QED) is 0.330. The van der Waals surface area contributed by atoms with Crippen molar-refractivity contribution in [3.8, 4) is 0 Å². The Morgan fingerprint density at radius 2 is 2.10 bits per heavy atom. The van der Waals surface area contributed by atoms with Crippen LogP contribution in [0.3, 0.4) is 0 Å². The molecule has 0 aromatic rings. The summed E-state index contributed by atoms with van der Waals surface area (Å²) in [6, 6.07) is 0. The number of allylic oxidation sites excluding steroid dienone is 1. The highest BCUT2D eigenvalue weighted by Gasteiger charge is 1.99. The first-order valence-electron chi connectivity index (χ1n) is 2.65. The molecule has 0 atom stereocenters. The van der Waals surface area contributed by atoms with Gasteiger partial charge in [0.2, 0.25) is 0 Å². The molecule has 4 heteroatoms. The van der Waals surface area contributed by atoms with E-state index in [0.29, 0.717) is 0 Å². The number of carbonyl (C=O) groups is 2. The molecular weight excluding hydrogens is 136 g/mol. The molecule has 0 rings (SSSR count). The highest BCUT2D eigenvalue weighted by molar-refractivity contribution is 5.67. The second-order valence-electron chi connectivity index (χ2n) is 1.42. The van der Waals surface area contributed by atoms with Gasteiger partial charge in [-0.05, 0) is 13.0 Å².